The van der Waals surface area contributed by atoms with Crippen LogP contribution in [0.5, 0.6) is 0 Å². The lowest BCUT2D eigenvalue weighted by atomic mass is 10.0. The second-order valence-electron chi connectivity index (χ2n) is 8.59. The molecule has 3 rings (SSSR count). The second kappa shape index (κ2) is 9.33. The van der Waals surface area contributed by atoms with Crippen LogP contribution in [0.15, 0.2) is 42.5 Å². The van der Waals surface area contributed by atoms with E-state index in [4.69, 9.17) is 0 Å². The van der Waals surface area contributed by atoms with Crippen molar-refractivity contribution in [3.63, 3.8) is 0 Å². The van der Waals surface area contributed by atoms with E-state index in [1.165, 1.54) is 16.8 Å². The fourth-order valence-electron chi connectivity index (χ4n) is 3.89. The lowest BCUT2D eigenvalue weighted by molar-refractivity contribution is -0.134. The summed E-state index contributed by atoms with van der Waals surface area (Å²) < 4.78 is 0. The third-order valence-corrected chi connectivity index (χ3v) is 6.04. The molecule has 160 valence electrons. The molecule has 1 N–H and O–H groups in total. The van der Waals surface area contributed by atoms with Gasteiger partial charge < -0.3 is 15.1 Å². The summed E-state index contributed by atoms with van der Waals surface area (Å²) in [5.74, 6) is -0.175. The molecule has 0 aliphatic carbocycles. The highest BCUT2D eigenvalue weighted by molar-refractivity contribution is 5.97. The standard InChI is InChI=1S/C25H33N3O2/c1-17(2)23(26-24(29)21-11-9-18(3)10-12-21)25(30)28-15-13-27(14-16-28)22-8-6-7-19(4)20(22)5/h6-12,17,23H,13-16H2,1-5H3,(H,26,29). The molecular weight excluding hydrogens is 374 g/mol. The lowest BCUT2D eigenvalue weighted by Crippen LogP contribution is -2.56. The third kappa shape index (κ3) is 4.84. The number of hydrogen-bond donors (Lipinski definition) is 1. The third-order valence-electron chi connectivity index (χ3n) is 6.04. The molecule has 1 fully saturated rings. The highest BCUT2D eigenvalue weighted by Gasteiger charge is 2.31. The average molecular weight is 408 g/mol. The van der Waals surface area contributed by atoms with Crippen LogP contribution >= 0.6 is 0 Å². The minimum atomic E-state index is -0.522. The SMILES string of the molecule is Cc1ccc(C(=O)NC(C(=O)N2CCN(c3cccc(C)c3C)CC2)C(C)C)cc1. The van der Waals surface area contributed by atoms with E-state index in [0.717, 1.165) is 18.7 Å². The maximum atomic E-state index is 13.2. The van der Waals surface area contributed by atoms with Gasteiger partial charge in [-0.25, -0.2) is 0 Å². The van der Waals surface area contributed by atoms with E-state index in [1.807, 2.05) is 37.8 Å². The summed E-state index contributed by atoms with van der Waals surface area (Å²) in [6, 6.07) is 13.3. The molecule has 1 atom stereocenters. The van der Waals surface area contributed by atoms with Gasteiger partial charge in [0.25, 0.3) is 5.91 Å². The minimum Gasteiger partial charge on any atom is -0.368 e. The predicted octanol–water partition coefficient (Wildman–Crippen LogP) is 3.72. The first-order valence-electron chi connectivity index (χ1n) is 10.8. The fraction of sp³-hybridized carbons (Fsp3) is 0.440. The van der Waals surface area contributed by atoms with Crippen molar-refractivity contribution in [2.24, 2.45) is 5.92 Å². The van der Waals surface area contributed by atoms with E-state index >= 15 is 0 Å². The number of hydrogen-bond acceptors (Lipinski definition) is 3. The molecule has 0 radical (unpaired) electrons. The summed E-state index contributed by atoms with van der Waals surface area (Å²) >= 11 is 0. The summed E-state index contributed by atoms with van der Waals surface area (Å²) in [6.07, 6.45) is 0. The Morgan fingerprint density at radius 3 is 2.13 bits per heavy atom. The Morgan fingerprint density at radius 1 is 0.900 bits per heavy atom. The van der Waals surface area contributed by atoms with Gasteiger partial charge in [-0.05, 0) is 56.0 Å². The summed E-state index contributed by atoms with van der Waals surface area (Å²) in [7, 11) is 0. The van der Waals surface area contributed by atoms with Crippen molar-refractivity contribution >= 4 is 17.5 Å². The Labute approximate surface area is 180 Å². The van der Waals surface area contributed by atoms with Crippen molar-refractivity contribution in [1.82, 2.24) is 10.2 Å². The average Bonchev–Trinajstić information content (AvgIpc) is 2.74. The summed E-state index contributed by atoms with van der Waals surface area (Å²) in [4.78, 5) is 30.1. The molecular formula is C25H33N3O2. The molecule has 0 saturated carbocycles. The number of amides is 2. The van der Waals surface area contributed by atoms with Crippen molar-refractivity contribution in [1.29, 1.82) is 0 Å². The molecule has 0 aromatic heterocycles. The van der Waals surface area contributed by atoms with E-state index in [9.17, 15) is 9.59 Å². The van der Waals surface area contributed by atoms with Gasteiger partial charge in [0, 0.05) is 37.4 Å². The van der Waals surface area contributed by atoms with Gasteiger partial charge in [-0.2, -0.15) is 0 Å². The number of carbonyl (C=O) groups is 2. The lowest BCUT2D eigenvalue weighted by Gasteiger charge is -2.39. The Hall–Kier alpha value is -2.82. The molecule has 1 unspecified atom stereocenters. The topological polar surface area (TPSA) is 52.7 Å². The highest BCUT2D eigenvalue weighted by atomic mass is 16.2. The largest absolute Gasteiger partial charge is 0.368 e. The Bertz CT molecular complexity index is 897. The molecule has 1 heterocycles. The highest BCUT2D eigenvalue weighted by Crippen LogP contribution is 2.24. The number of nitrogens with one attached hydrogen (secondary N) is 1. The van der Waals surface area contributed by atoms with Crippen molar-refractivity contribution in [3.05, 3.63) is 64.7 Å². The second-order valence-corrected chi connectivity index (χ2v) is 8.59. The number of benzene rings is 2. The van der Waals surface area contributed by atoms with Crippen LogP contribution in [0.3, 0.4) is 0 Å². The molecule has 2 aromatic rings. The van der Waals surface area contributed by atoms with Crippen molar-refractivity contribution < 1.29 is 9.59 Å². The number of aryl methyl sites for hydroxylation is 2. The molecule has 0 spiro atoms. The maximum absolute atomic E-state index is 13.2. The van der Waals surface area contributed by atoms with E-state index in [-0.39, 0.29) is 17.7 Å². The minimum absolute atomic E-state index is 0.00563. The molecule has 30 heavy (non-hydrogen) atoms. The first-order valence-corrected chi connectivity index (χ1v) is 10.8. The molecule has 1 saturated heterocycles. The van der Waals surface area contributed by atoms with E-state index in [1.54, 1.807) is 12.1 Å². The molecule has 0 bridgehead atoms. The van der Waals surface area contributed by atoms with Crippen LogP contribution in [0.4, 0.5) is 5.69 Å². The van der Waals surface area contributed by atoms with Crippen molar-refractivity contribution in [2.75, 3.05) is 31.1 Å². The number of piperazine rings is 1. The van der Waals surface area contributed by atoms with Gasteiger partial charge in [0.2, 0.25) is 5.91 Å². The zero-order chi connectivity index (χ0) is 21.8. The quantitative estimate of drug-likeness (QED) is 0.822. The monoisotopic (exact) mass is 407 g/mol. The van der Waals surface area contributed by atoms with Gasteiger partial charge in [0.05, 0.1) is 0 Å². The number of carbonyl (C=O) groups excluding carboxylic acids is 2. The van der Waals surface area contributed by atoms with Gasteiger partial charge in [0.1, 0.15) is 6.04 Å². The van der Waals surface area contributed by atoms with Crippen molar-refractivity contribution in [3.8, 4) is 0 Å². The summed E-state index contributed by atoms with van der Waals surface area (Å²) in [5, 5.41) is 2.97. The Morgan fingerprint density at radius 2 is 1.53 bits per heavy atom. The van der Waals surface area contributed by atoms with Crippen LogP contribution in [-0.2, 0) is 4.79 Å². The molecule has 5 nitrogen and oxygen atoms in total. The van der Waals surface area contributed by atoms with Crippen LogP contribution in [0, 0.1) is 26.7 Å². The molecule has 5 heteroatoms. The number of anilines is 1. The maximum Gasteiger partial charge on any atom is 0.251 e. The molecule has 1 aliphatic rings. The number of nitrogens with zero attached hydrogens (tertiary/aromatic N) is 2. The number of rotatable bonds is 5. The van der Waals surface area contributed by atoms with E-state index < -0.39 is 6.04 Å². The Kier molecular flexibility index (Phi) is 6.80. The van der Waals surface area contributed by atoms with Crippen LogP contribution in [-0.4, -0.2) is 48.9 Å². The molecule has 2 aromatic carbocycles. The first-order chi connectivity index (χ1) is 14.3. The summed E-state index contributed by atoms with van der Waals surface area (Å²) in [5.41, 5.74) is 5.51. The Balaban J connectivity index is 1.64. The fourth-order valence-corrected chi connectivity index (χ4v) is 3.89. The first kappa shape index (κ1) is 21.9. The zero-order valence-corrected chi connectivity index (χ0v) is 18.7. The van der Waals surface area contributed by atoms with Gasteiger partial charge in [-0.15, -0.1) is 0 Å². The zero-order valence-electron chi connectivity index (χ0n) is 18.7. The van der Waals surface area contributed by atoms with Gasteiger partial charge in [0.15, 0.2) is 0 Å². The van der Waals surface area contributed by atoms with Crippen LogP contribution < -0.4 is 10.2 Å². The normalized spacial score (nSPS) is 15.3. The molecule has 1 aliphatic heterocycles. The van der Waals surface area contributed by atoms with Crippen LogP contribution in [0.1, 0.15) is 40.9 Å². The van der Waals surface area contributed by atoms with Crippen LogP contribution in [0.25, 0.3) is 0 Å². The van der Waals surface area contributed by atoms with Crippen LogP contribution in [0.2, 0.25) is 0 Å². The van der Waals surface area contributed by atoms with E-state index in [2.05, 4.69) is 42.3 Å². The van der Waals surface area contributed by atoms with Gasteiger partial charge in [-0.1, -0.05) is 43.7 Å². The summed E-state index contributed by atoms with van der Waals surface area (Å²) in [6.45, 7) is 13.1. The molecule has 2 amide bonds. The smallest absolute Gasteiger partial charge is 0.251 e. The predicted molar refractivity (Wildman–Crippen MR) is 122 cm³/mol. The van der Waals surface area contributed by atoms with Gasteiger partial charge >= 0.3 is 0 Å². The van der Waals surface area contributed by atoms with E-state index in [0.29, 0.717) is 18.7 Å². The van der Waals surface area contributed by atoms with Crippen molar-refractivity contribution in [2.45, 2.75) is 40.7 Å². The van der Waals surface area contributed by atoms with Gasteiger partial charge in [-0.3, -0.25) is 9.59 Å².